The highest BCUT2D eigenvalue weighted by atomic mass is 32.2. The lowest BCUT2D eigenvalue weighted by Gasteiger charge is -2.47. The third kappa shape index (κ3) is 7.19. The minimum Gasteiger partial charge on any atom is -0.485 e. The van der Waals surface area contributed by atoms with Crippen molar-refractivity contribution in [3.63, 3.8) is 0 Å². The molecule has 0 bridgehead atoms. The Morgan fingerprint density at radius 2 is 1.34 bits per heavy atom. The van der Waals surface area contributed by atoms with E-state index in [-0.39, 0.29) is 30.3 Å². The van der Waals surface area contributed by atoms with Gasteiger partial charge in [0.25, 0.3) is 5.69 Å². The first-order valence-electron chi connectivity index (χ1n) is 15.2. The van der Waals surface area contributed by atoms with Crippen LogP contribution < -0.4 is 4.74 Å². The van der Waals surface area contributed by atoms with Gasteiger partial charge >= 0.3 is 0 Å². The zero-order chi connectivity index (χ0) is 32.8. The van der Waals surface area contributed by atoms with Crippen LogP contribution in [0.25, 0.3) is 10.8 Å². The van der Waals surface area contributed by atoms with E-state index in [1.165, 1.54) is 16.4 Å². The molecule has 0 aliphatic carbocycles. The maximum Gasteiger partial charge on any atom is 0.269 e. The van der Waals surface area contributed by atoms with E-state index < -0.39 is 45.9 Å². The van der Waals surface area contributed by atoms with E-state index in [2.05, 4.69) is 0 Å². The van der Waals surface area contributed by atoms with Gasteiger partial charge in [0.05, 0.1) is 35.7 Å². The Hall–Kier alpha value is -4.65. The lowest BCUT2D eigenvalue weighted by molar-refractivity contribution is -0.384. The number of non-ortho nitro benzene ring substituents is 1. The van der Waals surface area contributed by atoms with Gasteiger partial charge in [-0.1, -0.05) is 97.1 Å². The molecule has 0 spiro atoms. The van der Waals surface area contributed by atoms with E-state index in [0.717, 1.165) is 34.0 Å². The monoisotopic (exact) mass is 654 g/mol. The molecule has 5 aromatic rings. The van der Waals surface area contributed by atoms with Gasteiger partial charge in [-0.05, 0) is 34.7 Å². The van der Waals surface area contributed by atoms with E-state index >= 15 is 0 Å². The Labute approximate surface area is 273 Å². The number of sulfonamides is 1. The lowest BCUT2D eigenvalue weighted by Crippen LogP contribution is -2.66. The quantitative estimate of drug-likeness (QED) is 0.133. The van der Waals surface area contributed by atoms with Crippen LogP contribution in [0.2, 0.25) is 0 Å². The maximum absolute atomic E-state index is 14.2. The highest BCUT2D eigenvalue weighted by Gasteiger charge is 2.51. The Kier molecular flexibility index (Phi) is 9.90. The molecule has 0 aromatic heterocycles. The van der Waals surface area contributed by atoms with Gasteiger partial charge in [-0.15, -0.1) is 0 Å². The minimum absolute atomic E-state index is 0.157. The molecule has 0 radical (unpaired) electrons. The van der Waals surface area contributed by atoms with Crippen LogP contribution in [0, 0.1) is 10.1 Å². The molecule has 0 saturated carbocycles. The fraction of sp³-hybridized carbons (Fsp3) is 0.222. The largest absolute Gasteiger partial charge is 0.485 e. The van der Waals surface area contributed by atoms with Crippen molar-refractivity contribution in [1.29, 1.82) is 0 Å². The van der Waals surface area contributed by atoms with E-state index in [0.29, 0.717) is 5.75 Å². The van der Waals surface area contributed by atoms with Crippen molar-refractivity contribution in [3.8, 4) is 5.75 Å². The van der Waals surface area contributed by atoms with Crippen LogP contribution >= 0.6 is 0 Å². The van der Waals surface area contributed by atoms with E-state index in [4.69, 9.17) is 14.2 Å². The minimum atomic E-state index is -4.30. The number of benzene rings is 5. The number of hydrogen-bond donors (Lipinski definition) is 1. The fourth-order valence-corrected chi connectivity index (χ4v) is 7.48. The number of nitro benzene ring substituents is 1. The average molecular weight is 655 g/mol. The fourth-order valence-electron chi connectivity index (χ4n) is 5.84. The van der Waals surface area contributed by atoms with Crippen LogP contribution in [0.5, 0.6) is 5.75 Å². The predicted octanol–water partition coefficient (Wildman–Crippen LogP) is 5.73. The molecule has 242 valence electrons. The predicted molar refractivity (Wildman–Crippen MR) is 176 cm³/mol. The first-order valence-corrected chi connectivity index (χ1v) is 16.6. The lowest BCUT2D eigenvalue weighted by atomic mass is 9.95. The van der Waals surface area contributed by atoms with Crippen LogP contribution in [0.15, 0.2) is 132 Å². The molecule has 47 heavy (non-hydrogen) atoms. The molecule has 1 aliphatic heterocycles. The van der Waals surface area contributed by atoms with Crippen molar-refractivity contribution >= 4 is 26.5 Å². The summed E-state index contributed by atoms with van der Waals surface area (Å²) in [4.78, 5) is 10.5. The van der Waals surface area contributed by atoms with E-state index in [1.54, 1.807) is 6.07 Å². The van der Waals surface area contributed by atoms with Crippen LogP contribution in [-0.4, -0.2) is 60.3 Å². The van der Waals surface area contributed by atoms with Gasteiger partial charge in [0.1, 0.15) is 24.1 Å². The van der Waals surface area contributed by atoms with Gasteiger partial charge in [-0.3, -0.25) is 10.1 Å². The number of nitrogens with zero attached hydrogens (tertiary/aromatic N) is 2. The summed E-state index contributed by atoms with van der Waals surface area (Å²) >= 11 is 0. The third-order valence-corrected chi connectivity index (χ3v) is 10.2. The van der Waals surface area contributed by atoms with Crippen molar-refractivity contribution in [1.82, 2.24) is 4.31 Å². The van der Waals surface area contributed by atoms with Crippen molar-refractivity contribution in [2.45, 2.75) is 42.5 Å². The molecule has 1 heterocycles. The molecule has 11 heteroatoms. The standard InChI is InChI=1S/C36H34N2O8S/c39-23-32-35(46-33-17-9-15-28-14-7-8-16-31(28)33)36(45-25-27-12-5-2-6-13-27)34(44-24-26-10-3-1-4-11-26)22-37(32)47(42,43)30-20-18-29(19-21-30)38(40)41/h1-21,32,34-36,39H,22-25H2/t32-,34-,35+,36+/m0/s1. The molecule has 1 N–H and O–H groups in total. The smallest absolute Gasteiger partial charge is 0.269 e. The van der Waals surface area contributed by atoms with E-state index in [1.807, 2.05) is 97.1 Å². The number of nitro groups is 1. The Morgan fingerprint density at radius 3 is 1.98 bits per heavy atom. The zero-order valence-corrected chi connectivity index (χ0v) is 26.2. The highest BCUT2D eigenvalue weighted by molar-refractivity contribution is 7.89. The van der Waals surface area contributed by atoms with E-state index in [9.17, 15) is 23.6 Å². The Morgan fingerprint density at radius 1 is 0.745 bits per heavy atom. The molecule has 4 atom stereocenters. The Balaban J connectivity index is 1.42. The number of rotatable bonds is 12. The van der Waals surface area contributed by atoms with Gasteiger partial charge < -0.3 is 19.3 Å². The average Bonchev–Trinajstić information content (AvgIpc) is 3.11. The summed E-state index contributed by atoms with van der Waals surface area (Å²) in [5.74, 6) is 0.497. The summed E-state index contributed by atoms with van der Waals surface area (Å²) in [7, 11) is -4.30. The summed E-state index contributed by atoms with van der Waals surface area (Å²) in [6.07, 6.45) is -2.65. The zero-order valence-electron chi connectivity index (χ0n) is 25.4. The van der Waals surface area contributed by atoms with Gasteiger partial charge in [-0.25, -0.2) is 8.42 Å². The summed E-state index contributed by atoms with van der Waals surface area (Å²) in [5.41, 5.74) is 1.55. The summed E-state index contributed by atoms with van der Waals surface area (Å²) in [5, 5.41) is 23.9. The molecule has 5 aromatic carbocycles. The van der Waals surface area contributed by atoms with Crippen LogP contribution in [-0.2, 0) is 32.7 Å². The summed E-state index contributed by atoms with van der Waals surface area (Å²) in [6.45, 7) is -0.378. The second kappa shape index (κ2) is 14.4. The number of aliphatic hydroxyl groups excluding tert-OH is 1. The first kappa shape index (κ1) is 32.3. The van der Waals surface area contributed by atoms with Crippen molar-refractivity contribution in [2.75, 3.05) is 13.2 Å². The molecule has 1 saturated heterocycles. The molecular formula is C36H34N2O8S. The SMILES string of the molecule is O=[N+]([O-])c1ccc(S(=O)(=O)N2C[C@H](OCc3ccccc3)[C@@H](OCc3ccccc3)[C@H](Oc3cccc4ccccc34)[C@@H]2CO)cc1. The van der Waals surface area contributed by atoms with Gasteiger partial charge in [0.2, 0.25) is 10.0 Å². The third-order valence-electron chi connectivity index (χ3n) is 8.25. The molecule has 0 amide bonds. The molecule has 1 aliphatic rings. The number of aliphatic hydroxyl groups is 1. The van der Waals surface area contributed by atoms with Gasteiger partial charge in [0, 0.05) is 24.1 Å². The summed E-state index contributed by atoms with van der Waals surface area (Å²) in [6, 6.07) is 35.9. The Bertz CT molecular complexity index is 1900. The summed E-state index contributed by atoms with van der Waals surface area (Å²) < 4.78 is 49.4. The topological polar surface area (TPSA) is 128 Å². The molecule has 1 fully saturated rings. The number of fused-ring (bicyclic) bond motifs is 1. The maximum atomic E-state index is 14.2. The second-order valence-electron chi connectivity index (χ2n) is 11.2. The van der Waals surface area contributed by atoms with Crippen molar-refractivity contribution in [2.24, 2.45) is 0 Å². The van der Waals surface area contributed by atoms with Crippen LogP contribution in [0.4, 0.5) is 5.69 Å². The van der Waals surface area contributed by atoms with Gasteiger partial charge in [-0.2, -0.15) is 4.31 Å². The van der Waals surface area contributed by atoms with Crippen molar-refractivity contribution < 1.29 is 32.7 Å². The number of ether oxygens (including phenoxy) is 3. The normalized spacial score (nSPS) is 20.2. The molecular weight excluding hydrogens is 620 g/mol. The second-order valence-corrected chi connectivity index (χ2v) is 13.1. The highest BCUT2D eigenvalue weighted by Crippen LogP contribution is 2.35. The molecule has 6 rings (SSSR count). The first-order chi connectivity index (χ1) is 22.8. The molecule has 10 nitrogen and oxygen atoms in total. The van der Waals surface area contributed by atoms with Gasteiger partial charge in [0.15, 0.2) is 0 Å². The molecule has 0 unspecified atom stereocenters. The van der Waals surface area contributed by atoms with Crippen molar-refractivity contribution in [3.05, 3.63) is 149 Å². The van der Waals surface area contributed by atoms with Crippen LogP contribution in [0.1, 0.15) is 11.1 Å². The van der Waals surface area contributed by atoms with Crippen LogP contribution in [0.3, 0.4) is 0 Å². The number of hydrogen-bond acceptors (Lipinski definition) is 8. The number of piperidine rings is 1.